The molecule has 2 heterocycles. The lowest BCUT2D eigenvalue weighted by atomic mass is 9.89. The monoisotopic (exact) mass is 377 g/mol. The number of hydrogen-bond donors (Lipinski definition) is 1. The van der Waals surface area contributed by atoms with Crippen molar-refractivity contribution in [2.45, 2.75) is 38.1 Å². The summed E-state index contributed by atoms with van der Waals surface area (Å²) >= 11 is 0. The number of quaternary nitrogens is 1. The number of nitrogens with one attached hydrogen (secondary N) is 1. The van der Waals surface area contributed by atoms with Gasteiger partial charge in [-0.15, -0.1) is 0 Å². The Balaban J connectivity index is 1.29. The maximum atomic E-state index is 12.9. The van der Waals surface area contributed by atoms with Crippen LogP contribution in [-0.2, 0) is 22.4 Å². The first-order valence-electron chi connectivity index (χ1n) is 10.5. The van der Waals surface area contributed by atoms with Crippen LogP contribution >= 0.6 is 0 Å². The SMILES string of the molecule is O=C1C[C@@H]([NH+]2CCC(Cc3ccccc3)CC2)C(=O)N1CCc1ccccc1. The number of likely N-dealkylation sites (tertiary alicyclic amines) is 2. The molecule has 0 bridgehead atoms. The van der Waals surface area contributed by atoms with Crippen LogP contribution in [0.1, 0.15) is 30.4 Å². The highest BCUT2D eigenvalue weighted by atomic mass is 16.2. The van der Waals surface area contributed by atoms with Gasteiger partial charge in [-0.05, 0) is 42.7 Å². The fourth-order valence-electron chi connectivity index (χ4n) is 4.67. The molecule has 2 aliphatic rings. The van der Waals surface area contributed by atoms with Crippen LogP contribution in [0.3, 0.4) is 0 Å². The highest BCUT2D eigenvalue weighted by molar-refractivity contribution is 6.04. The summed E-state index contributed by atoms with van der Waals surface area (Å²) in [7, 11) is 0. The molecule has 1 atom stereocenters. The van der Waals surface area contributed by atoms with E-state index >= 15 is 0 Å². The summed E-state index contributed by atoms with van der Waals surface area (Å²) in [5.74, 6) is 0.731. The van der Waals surface area contributed by atoms with E-state index in [0.717, 1.165) is 38.8 Å². The number of hydrogen-bond acceptors (Lipinski definition) is 2. The molecule has 146 valence electrons. The predicted molar refractivity (Wildman–Crippen MR) is 109 cm³/mol. The van der Waals surface area contributed by atoms with Gasteiger partial charge >= 0.3 is 0 Å². The normalized spacial score (nSPS) is 25.3. The highest BCUT2D eigenvalue weighted by Gasteiger charge is 2.45. The van der Waals surface area contributed by atoms with Crippen LogP contribution in [0.2, 0.25) is 0 Å². The van der Waals surface area contributed by atoms with Crippen molar-refractivity contribution in [1.29, 1.82) is 0 Å². The number of imide groups is 1. The molecule has 0 spiro atoms. The van der Waals surface area contributed by atoms with Crippen molar-refractivity contribution in [3.8, 4) is 0 Å². The van der Waals surface area contributed by atoms with Crippen molar-refractivity contribution < 1.29 is 14.5 Å². The minimum atomic E-state index is -0.166. The van der Waals surface area contributed by atoms with Gasteiger partial charge in [-0.2, -0.15) is 0 Å². The Labute approximate surface area is 167 Å². The molecule has 0 aromatic heterocycles. The van der Waals surface area contributed by atoms with Crippen molar-refractivity contribution in [1.82, 2.24) is 4.90 Å². The van der Waals surface area contributed by atoms with Crippen molar-refractivity contribution in [3.05, 3.63) is 71.8 Å². The third-order valence-corrected chi connectivity index (χ3v) is 6.32. The van der Waals surface area contributed by atoms with Crippen LogP contribution < -0.4 is 4.90 Å². The second-order valence-corrected chi connectivity index (χ2v) is 8.17. The fourth-order valence-corrected chi connectivity index (χ4v) is 4.67. The van der Waals surface area contributed by atoms with Gasteiger partial charge in [0.05, 0.1) is 19.5 Å². The lowest BCUT2D eigenvalue weighted by Crippen LogP contribution is -3.17. The standard InChI is InChI=1S/C24H28N2O2/c27-23-18-22(24(28)26(23)16-13-19-7-3-1-4-8-19)25-14-11-21(12-15-25)17-20-9-5-2-6-10-20/h1-10,21-22H,11-18H2/p+1/t22-/m1/s1. The summed E-state index contributed by atoms with van der Waals surface area (Å²) < 4.78 is 0. The van der Waals surface area contributed by atoms with E-state index in [1.165, 1.54) is 20.9 Å². The molecule has 28 heavy (non-hydrogen) atoms. The molecule has 0 radical (unpaired) electrons. The van der Waals surface area contributed by atoms with Crippen LogP contribution in [0.15, 0.2) is 60.7 Å². The zero-order valence-corrected chi connectivity index (χ0v) is 16.3. The zero-order valence-electron chi connectivity index (χ0n) is 16.3. The summed E-state index contributed by atoms with van der Waals surface area (Å²) in [6, 6.07) is 20.6. The van der Waals surface area contributed by atoms with Gasteiger partial charge in [0, 0.05) is 6.54 Å². The summed E-state index contributed by atoms with van der Waals surface area (Å²) in [5.41, 5.74) is 2.57. The lowest BCUT2D eigenvalue weighted by Gasteiger charge is -2.32. The van der Waals surface area contributed by atoms with Gasteiger partial charge in [-0.3, -0.25) is 14.5 Å². The van der Waals surface area contributed by atoms with E-state index in [4.69, 9.17) is 0 Å². The Morgan fingerprint density at radius 2 is 1.46 bits per heavy atom. The Morgan fingerprint density at radius 1 is 0.857 bits per heavy atom. The number of benzene rings is 2. The summed E-state index contributed by atoms with van der Waals surface area (Å²) in [4.78, 5) is 28.2. The zero-order chi connectivity index (χ0) is 19.3. The molecule has 1 N–H and O–H groups in total. The van der Waals surface area contributed by atoms with Gasteiger partial charge in [-0.25, -0.2) is 0 Å². The topological polar surface area (TPSA) is 41.8 Å². The Hall–Kier alpha value is -2.46. The maximum absolute atomic E-state index is 12.9. The highest BCUT2D eigenvalue weighted by Crippen LogP contribution is 2.18. The van der Waals surface area contributed by atoms with Crippen LogP contribution in [0, 0.1) is 5.92 Å². The average Bonchev–Trinajstić information content (AvgIpc) is 3.02. The minimum Gasteiger partial charge on any atom is -0.324 e. The Kier molecular flexibility index (Phi) is 5.87. The fraction of sp³-hybridized carbons (Fsp3) is 0.417. The summed E-state index contributed by atoms with van der Waals surface area (Å²) in [6.45, 7) is 2.49. The lowest BCUT2D eigenvalue weighted by molar-refractivity contribution is -0.921. The summed E-state index contributed by atoms with van der Waals surface area (Å²) in [6.07, 6.45) is 4.50. The molecule has 2 amide bonds. The van der Waals surface area contributed by atoms with E-state index in [-0.39, 0.29) is 17.9 Å². The summed E-state index contributed by atoms with van der Waals surface area (Å²) in [5, 5.41) is 0. The van der Waals surface area contributed by atoms with Gasteiger partial charge in [0.2, 0.25) is 5.91 Å². The molecule has 0 unspecified atom stereocenters. The minimum absolute atomic E-state index is 0.00448. The van der Waals surface area contributed by atoms with Gasteiger partial charge in [0.25, 0.3) is 5.91 Å². The van der Waals surface area contributed by atoms with Crippen LogP contribution in [0.4, 0.5) is 0 Å². The molecular weight excluding hydrogens is 348 g/mol. The first-order chi connectivity index (χ1) is 13.7. The quantitative estimate of drug-likeness (QED) is 0.782. The van der Waals surface area contributed by atoms with E-state index < -0.39 is 0 Å². The van der Waals surface area contributed by atoms with Crippen LogP contribution in [-0.4, -0.2) is 42.4 Å². The molecule has 2 aromatic rings. The van der Waals surface area contributed by atoms with Crippen molar-refractivity contribution in [2.75, 3.05) is 19.6 Å². The first kappa shape index (κ1) is 18.9. The number of amides is 2. The second-order valence-electron chi connectivity index (χ2n) is 8.17. The van der Waals surface area contributed by atoms with E-state index in [1.54, 1.807) is 0 Å². The number of piperidine rings is 1. The van der Waals surface area contributed by atoms with Crippen molar-refractivity contribution in [3.63, 3.8) is 0 Å². The molecule has 2 aliphatic heterocycles. The van der Waals surface area contributed by atoms with Crippen LogP contribution in [0.5, 0.6) is 0 Å². The maximum Gasteiger partial charge on any atom is 0.288 e. The number of carbonyl (C=O) groups excluding carboxylic acids is 2. The number of nitrogens with zero attached hydrogens (tertiary/aromatic N) is 1. The van der Waals surface area contributed by atoms with E-state index in [0.29, 0.717) is 18.9 Å². The molecule has 4 rings (SSSR count). The number of rotatable bonds is 6. The third-order valence-electron chi connectivity index (χ3n) is 6.32. The van der Waals surface area contributed by atoms with Crippen molar-refractivity contribution >= 4 is 11.8 Å². The molecule has 4 heteroatoms. The molecule has 2 fully saturated rings. The second kappa shape index (κ2) is 8.70. The number of carbonyl (C=O) groups is 2. The van der Waals surface area contributed by atoms with Gasteiger partial charge in [-0.1, -0.05) is 60.7 Å². The molecule has 0 aliphatic carbocycles. The largest absolute Gasteiger partial charge is 0.324 e. The smallest absolute Gasteiger partial charge is 0.288 e. The molecule has 2 saturated heterocycles. The molecule has 2 aromatic carbocycles. The van der Waals surface area contributed by atoms with Gasteiger partial charge in [0.15, 0.2) is 6.04 Å². The third kappa shape index (κ3) is 4.33. The van der Waals surface area contributed by atoms with Crippen LogP contribution in [0.25, 0.3) is 0 Å². The Bertz CT molecular complexity index is 798. The predicted octanol–water partition coefficient (Wildman–Crippen LogP) is 1.89. The van der Waals surface area contributed by atoms with E-state index in [9.17, 15) is 9.59 Å². The van der Waals surface area contributed by atoms with Gasteiger partial charge < -0.3 is 4.90 Å². The first-order valence-corrected chi connectivity index (χ1v) is 10.5. The average molecular weight is 378 g/mol. The molecule has 4 nitrogen and oxygen atoms in total. The van der Waals surface area contributed by atoms with E-state index in [2.05, 4.69) is 30.3 Å². The molecule has 0 saturated carbocycles. The van der Waals surface area contributed by atoms with E-state index in [1.807, 2.05) is 30.3 Å². The van der Waals surface area contributed by atoms with Gasteiger partial charge in [0.1, 0.15) is 0 Å². The van der Waals surface area contributed by atoms with Crippen molar-refractivity contribution in [2.24, 2.45) is 5.92 Å². The molecular formula is C24H29N2O2+. The Morgan fingerprint density at radius 3 is 2.11 bits per heavy atom.